The van der Waals surface area contributed by atoms with Gasteiger partial charge in [-0.2, -0.15) is 0 Å². The highest BCUT2D eigenvalue weighted by molar-refractivity contribution is 7.92. The van der Waals surface area contributed by atoms with Gasteiger partial charge in [0.05, 0.1) is 10.6 Å². The lowest BCUT2D eigenvalue weighted by molar-refractivity contribution is -0.139. The predicted octanol–water partition coefficient (Wildman–Crippen LogP) is 5.02. The maximum absolute atomic E-state index is 14.9. The summed E-state index contributed by atoms with van der Waals surface area (Å²) >= 11 is 0. The molecule has 1 N–H and O–H groups in total. The minimum absolute atomic E-state index is 0.0225. The molecule has 1 atom stereocenters. The first-order valence-electron chi connectivity index (χ1n) is 13.5. The molecule has 218 valence electrons. The third kappa shape index (κ3) is 7.22. The summed E-state index contributed by atoms with van der Waals surface area (Å²) in [6.07, 6.45) is 0.149. The van der Waals surface area contributed by atoms with Gasteiger partial charge in [0.25, 0.3) is 10.0 Å². The fourth-order valence-corrected chi connectivity index (χ4v) is 6.02. The van der Waals surface area contributed by atoms with Crippen molar-refractivity contribution in [2.75, 3.05) is 17.9 Å². The summed E-state index contributed by atoms with van der Waals surface area (Å²) in [5.41, 5.74) is 3.09. The number of carbonyl (C=O) groups excluding carboxylic acids is 2. The van der Waals surface area contributed by atoms with Gasteiger partial charge in [-0.15, -0.1) is 0 Å². The summed E-state index contributed by atoms with van der Waals surface area (Å²) in [6, 6.07) is 27.3. The van der Waals surface area contributed by atoms with Gasteiger partial charge in [-0.1, -0.05) is 83.9 Å². The maximum Gasteiger partial charge on any atom is 0.264 e. The van der Waals surface area contributed by atoms with Crippen molar-refractivity contribution in [3.05, 3.63) is 131 Å². The number of amides is 2. The largest absolute Gasteiger partial charge is 0.357 e. The summed E-state index contributed by atoms with van der Waals surface area (Å²) in [5.74, 6) is -1.64. The minimum atomic E-state index is -4.19. The van der Waals surface area contributed by atoms with Crippen LogP contribution in [0.3, 0.4) is 0 Å². The molecule has 0 unspecified atom stereocenters. The van der Waals surface area contributed by atoms with Gasteiger partial charge in [-0.05, 0) is 49.7 Å². The van der Waals surface area contributed by atoms with E-state index in [0.29, 0.717) is 5.69 Å². The Hall–Kier alpha value is -4.50. The number of nitrogens with zero attached hydrogens (tertiary/aromatic N) is 2. The molecule has 7 nitrogen and oxygen atoms in total. The molecule has 0 aromatic heterocycles. The first kappa shape index (κ1) is 30.5. The molecule has 0 aliphatic rings. The van der Waals surface area contributed by atoms with Gasteiger partial charge in [0.1, 0.15) is 18.4 Å². The van der Waals surface area contributed by atoms with E-state index in [2.05, 4.69) is 5.32 Å². The van der Waals surface area contributed by atoms with Gasteiger partial charge < -0.3 is 10.2 Å². The highest BCUT2D eigenvalue weighted by Crippen LogP contribution is 2.26. The van der Waals surface area contributed by atoms with Crippen molar-refractivity contribution >= 4 is 27.5 Å². The predicted molar refractivity (Wildman–Crippen MR) is 162 cm³/mol. The number of benzene rings is 4. The van der Waals surface area contributed by atoms with E-state index in [1.807, 2.05) is 44.2 Å². The summed E-state index contributed by atoms with van der Waals surface area (Å²) in [6.45, 7) is 2.89. The number of hydrogen-bond donors (Lipinski definition) is 1. The molecule has 42 heavy (non-hydrogen) atoms. The van der Waals surface area contributed by atoms with E-state index in [9.17, 15) is 22.4 Å². The van der Waals surface area contributed by atoms with Crippen LogP contribution in [-0.4, -0.2) is 44.8 Å². The number of rotatable bonds is 11. The van der Waals surface area contributed by atoms with Gasteiger partial charge in [-0.25, -0.2) is 12.8 Å². The molecule has 9 heteroatoms. The Labute approximate surface area is 246 Å². The SMILES string of the molecule is CNC(=O)[C@H](Cc1ccccc1)N(Cc1ccccc1F)C(=O)CN(c1ccc(C)cc1)S(=O)(=O)c1ccc(C)cc1. The molecule has 0 spiro atoms. The fraction of sp³-hybridized carbons (Fsp3) is 0.212. The molecular weight excluding hydrogens is 553 g/mol. The van der Waals surface area contributed by atoms with E-state index >= 15 is 0 Å². The number of likely N-dealkylation sites (N-methyl/N-ethyl adjacent to an activating group) is 1. The number of aryl methyl sites for hydroxylation is 2. The third-order valence-corrected chi connectivity index (χ3v) is 8.81. The van der Waals surface area contributed by atoms with Crippen LogP contribution in [0.4, 0.5) is 10.1 Å². The molecule has 4 rings (SSSR count). The Bertz CT molecular complexity index is 1630. The summed E-state index contributed by atoms with van der Waals surface area (Å²) in [5, 5.41) is 2.62. The molecule has 0 saturated heterocycles. The molecular formula is C33H34FN3O4S. The van der Waals surface area contributed by atoms with Crippen LogP contribution in [0.1, 0.15) is 22.3 Å². The zero-order valence-corrected chi connectivity index (χ0v) is 24.6. The molecule has 0 fully saturated rings. The van der Waals surface area contributed by atoms with E-state index in [0.717, 1.165) is 21.0 Å². The molecule has 0 bridgehead atoms. The first-order valence-corrected chi connectivity index (χ1v) is 15.0. The van der Waals surface area contributed by atoms with Crippen molar-refractivity contribution in [2.45, 2.75) is 37.8 Å². The summed E-state index contributed by atoms with van der Waals surface area (Å²) in [4.78, 5) is 28.7. The standard InChI is InChI=1S/C33H34FN3O4S/c1-24-13-17-28(18-14-24)37(42(40,41)29-19-15-25(2)16-20-29)23-32(38)36(22-27-11-7-8-12-30(27)34)31(33(39)35-3)21-26-9-5-4-6-10-26/h4-20,31H,21-23H2,1-3H3,(H,35,39)/t31-/m0/s1. The van der Waals surface area contributed by atoms with Crippen molar-refractivity contribution in [2.24, 2.45) is 0 Å². The number of hydrogen-bond acceptors (Lipinski definition) is 4. The lowest BCUT2D eigenvalue weighted by Gasteiger charge is -2.33. The molecule has 4 aromatic rings. The lowest BCUT2D eigenvalue weighted by Crippen LogP contribution is -2.53. The van der Waals surface area contributed by atoms with Crippen LogP contribution in [0.2, 0.25) is 0 Å². The average Bonchev–Trinajstić information content (AvgIpc) is 2.99. The van der Waals surface area contributed by atoms with Gasteiger partial charge >= 0.3 is 0 Å². The van der Waals surface area contributed by atoms with Crippen LogP contribution in [0.25, 0.3) is 0 Å². The van der Waals surface area contributed by atoms with Crippen molar-refractivity contribution < 1.29 is 22.4 Å². The highest BCUT2D eigenvalue weighted by atomic mass is 32.2. The van der Waals surface area contributed by atoms with Crippen molar-refractivity contribution in [3.8, 4) is 0 Å². The Morgan fingerprint density at radius 3 is 1.98 bits per heavy atom. The second kappa shape index (κ2) is 13.4. The van der Waals surface area contributed by atoms with E-state index in [1.54, 1.807) is 54.6 Å². The average molecular weight is 588 g/mol. The van der Waals surface area contributed by atoms with Crippen molar-refractivity contribution in [1.82, 2.24) is 10.2 Å². The smallest absolute Gasteiger partial charge is 0.264 e. The fourth-order valence-electron chi connectivity index (χ4n) is 4.61. The Balaban J connectivity index is 1.79. The summed E-state index contributed by atoms with van der Waals surface area (Å²) in [7, 11) is -2.73. The molecule has 2 amide bonds. The number of halogens is 1. The minimum Gasteiger partial charge on any atom is -0.357 e. The van der Waals surface area contributed by atoms with Crippen LogP contribution in [0, 0.1) is 19.7 Å². The normalized spacial score (nSPS) is 11.9. The molecule has 0 heterocycles. The van der Waals surface area contributed by atoms with Crippen LogP contribution >= 0.6 is 0 Å². The topological polar surface area (TPSA) is 86.8 Å². The van der Waals surface area contributed by atoms with Crippen LogP contribution < -0.4 is 9.62 Å². The maximum atomic E-state index is 14.9. The summed E-state index contributed by atoms with van der Waals surface area (Å²) < 4.78 is 43.8. The van der Waals surface area contributed by atoms with Gasteiger partial charge in [0.2, 0.25) is 11.8 Å². The Morgan fingerprint density at radius 2 is 1.38 bits per heavy atom. The number of sulfonamides is 1. The molecule has 0 aliphatic carbocycles. The zero-order chi connectivity index (χ0) is 30.3. The highest BCUT2D eigenvalue weighted by Gasteiger charge is 2.34. The first-order chi connectivity index (χ1) is 20.1. The number of anilines is 1. The molecule has 4 aromatic carbocycles. The van der Waals surface area contributed by atoms with E-state index < -0.39 is 40.2 Å². The second-order valence-electron chi connectivity index (χ2n) is 10.1. The molecule has 0 radical (unpaired) electrons. The van der Waals surface area contributed by atoms with E-state index in [-0.39, 0.29) is 23.4 Å². The molecule has 0 aliphatic heterocycles. The van der Waals surface area contributed by atoms with Crippen LogP contribution in [-0.2, 0) is 32.6 Å². The number of carbonyl (C=O) groups is 2. The van der Waals surface area contributed by atoms with E-state index in [4.69, 9.17) is 0 Å². The van der Waals surface area contributed by atoms with Gasteiger partial charge in [-0.3, -0.25) is 13.9 Å². The van der Waals surface area contributed by atoms with Gasteiger partial charge in [0, 0.05) is 25.6 Å². The van der Waals surface area contributed by atoms with Crippen LogP contribution in [0.15, 0.2) is 108 Å². The van der Waals surface area contributed by atoms with Crippen molar-refractivity contribution in [1.29, 1.82) is 0 Å². The Kier molecular flexibility index (Phi) is 9.75. The van der Waals surface area contributed by atoms with Crippen molar-refractivity contribution in [3.63, 3.8) is 0 Å². The Morgan fingerprint density at radius 1 is 0.810 bits per heavy atom. The second-order valence-corrected chi connectivity index (χ2v) is 12.0. The van der Waals surface area contributed by atoms with Crippen LogP contribution in [0.5, 0.6) is 0 Å². The van der Waals surface area contributed by atoms with Gasteiger partial charge in [0.15, 0.2) is 0 Å². The van der Waals surface area contributed by atoms with E-state index in [1.165, 1.54) is 30.1 Å². The molecule has 0 saturated carbocycles. The quantitative estimate of drug-likeness (QED) is 0.267. The third-order valence-electron chi connectivity index (χ3n) is 7.03. The lowest BCUT2D eigenvalue weighted by atomic mass is 10.0. The zero-order valence-electron chi connectivity index (χ0n) is 23.8. The monoisotopic (exact) mass is 587 g/mol. The number of nitrogens with one attached hydrogen (secondary N) is 1.